The molecule has 1 aromatic heterocycles. The predicted molar refractivity (Wildman–Crippen MR) is 110 cm³/mol. The largest absolute Gasteiger partial charge is 0.482 e. The van der Waals surface area contributed by atoms with Crippen molar-refractivity contribution >= 4 is 34.8 Å². The minimum atomic E-state index is -0.334. The number of benzene rings is 2. The molecule has 28 heavy (non-hydrogen) atoms. The van der Waals surface area contributed by atoms with E-state index in [1.54, 1.807) is 36.4 Å². The maximum absolute atomic E-state index is 12.3. The highest BCUT2D eigenvalue weighted by Crippen LogP contribution is 2.32. The van der Waals surface area contributed by atoms with Crippen molar-refractivity contribution in [2.45, 2.75) is 20.5 Å². The van der Waals surface area contributed by atoms with Gasteiger partial charge in [0.05, 0.1) is 10.0 Å². The molecule has 0 bridgehead atoms. The third-order valence-corrected chi connectivity index (χ3v) is 4.66. The molecule has 7 heteroatoms. The second kappa shape index (κ2) is 8.69. The van der Waals surface area contributed by atoms with Gasteiger partial charge in [0.1, 0.15) is 23.9 Å². The molecule has 0 saturated heterocycles. The number of aryl methyl sites for hydroxylation is 2. The van der Waals surface area contributed by atoms with Gasteiger partial charge in [-0.2, -0.15) is 0 Å². The fourth-order valence-electron chi connectivity index (χ4n) is 2.82. The second-order valence-corrected chi connectivity index (χ2v) is 7.16. The summed E-state index contributed by atoms with van der Waals surface area (Å²) in [5, 5.41) is 12.8. The van der Waals surface area contributed by atoms with E-state index < -0.39 is 0 Å². The first-order valence-electron chi connectivity index (χ1n) is 8.56. The molecule has 2 aromatic carbocycles. The van der Waals surface area contributed by atoms with Crippen LogP contribution in [-0.4, -0.2) is 17.6 Å². The topological polar surface area (TPSA) is 71.7 Å². The molecule has 0 fully saturated rings. The van der Waals surface area contributed by atoms with Gasteiger partial charge < -0.3 is 19.6 Å². The van der Waals surface area contributed by atoms with Crippen molar-refractivity contribution in [2.24, 2.45) is 0 Å². The summed E-state index contributed by atoms with van der Waals surface area (Å²) in [6.45, 7) is 3.43. The highest BCUT2D eigenvalue weighted by atomic mass is 35.5. The molecule has 5 nitrogen and oxygen atoms in total. The molecule has 0 aliphatic heterocycles. The van der Waals surface area contributed by atoms with Crippen LogP contribution < -0.4 is 10.1 Å². The Morgan fingerprint density at radius 2 is 1.89 bits per heavy atom. The molecule has 0 aliphatic rings. The number of carbonyl (C=O) groups is 1. The van der Waals surface area contributed by atoms with Crippen molar-refractivity contribution < 1.29 is 19.1 Å². The molecule has 146 valence electrons. The zero-order valence-electron chi connectivity index (χ0n) is 15.4. The molecular formula is C21H19Cl2NO4. The van der Waals surface area contributed by atoms with Gasteiger partial charge in [0.2, 0.25) is 0 Å². The van der Waals surface area contributed by atoms with E-state index in [9.17, 15) is 4.79 Å². The molecule has 3 aromatic rings. The Balaban J connectivity index is 1.70. The van der Waals surface area contributed by atoms with Crippen molar-refractivity contribution in [2.75, 3.05) is 11.9 Å². The number of hydrogen-bond donors (Lipinski definition) is 2. The van der Waals surface area contributed by atoms with E-state index in [0.29, 0.717) is 38.6 Å². The summed E-state index contributed by atoms with van der Waals surface area (Å²) >= 11 is 12.4. The Labute approximate surface area is 172 Å². The van der Waals surface area contributed by atoms with Gasteiger partial charge in [0.15, 0.2) is 6.61 Å². The molecule has 1 amide bonds. The summed E-state index contributed by atoms with van der Waals surface area (Å²) in [5.74, 6) is 1.09. The number of anilines is 1. The molecule has 0 saturated carbocycles. The number of ether oxygens (including phenoxy) is 1. The number of hydrogen-bond acceptors (Lipinski definition) is 4. The number of furan rings is 1. The van der Waals surface area contributed by atoms with E-state index in [1.807, 2.05) is 19.9 Å². The summed E-state index contributed by atoms with van der Waals surface area (Å²) < 4.78 is 11.1. The van der Waals surface area contributed by atoms with Gasteiger partial charge in [-0.1, -0.05) is 29.3 Å². The minimum Gasteiger partial charge on any atom is -0.482 e. The molecule has 3 rings (SSSR count). The number of carbonyl (C=O) groups excluding carboxylic acids is 1. The molecule has 2 N–H and O–H groups in total. The zero-order chi connectivity index (χ0) is 20.3. The lowest BCUT2D eigenvalue weighted by atomic mass is 10.1. The molecule has 0 aliphatic carbocycles. The fourth-order valence-corrected chi connectivity index (χ4v) is 3.41. The van der Waals surface area contributed by atoms with Crippen LogP contribution in [0.1, 0.15) is 16.9 Å². The van der Waals surface area contributed by atoms with E-state index in [1.165, 1.54) is 0 Å². The van der Waals surface area contributed by atoms with Crippen molar-refractivity contribution in [1.82, 2.24) is 0 Å². The van der Waals surface area contributed by atoms with E-state index in [-0.39, 0.29) is 19.1 Å². The highest BCUT2D eigenvalue weighted by molar-refractivity contribution is 6.33. The SMILES string of the molecule is Cc1cc(C)c(OCC(=O)Nc2ccc(Cl)c(-c3ccc(CO)o3)c2)c(Cl)c1. The van der Waals surface area contributed by atoms with Crippen LogP contribution in [-0.2, 0) is 11.4 Å². The smallest absolute Gasteiger partial charge is 0.262 e. The van der Waals surface area contributed by atoms with E-state index in [4.69, 9.17) is 37.5 Å². The molecule has 0 unspecified atom stereocenters. The maximum Gasteiger partial charge on any atom is 0.262 e. The summed E-state index contributed by atoms with van der Waals surface area (Å²) in [6.07, 6.45) is 0. The van der Waals surface area contributed by atoms with Crippen molar-refractivity contribution in [3.05, 3.63) is 69.4 Å². The second-order valence-electron chi connectivity index (χ2n) is 6.35. The Kier molecular flexibility index (Phi) is 6.29. The lowest BCUT2D eigenvalue weighted by molar-refractivity contribution is -0.118. The summed E-state index contributed by atoms with van der Waals surface area (Å²) in [4.78, 5) is 12.3. The lowest BCUT2D eigenvalue weighted by Gasteiger charge is -2.12. The van der Waals surface area contributed by atoms with Crippen molar-refractivity contribution in [3.63, 3.8) is 0 Å². The number of aliphatic hydroxyl groups is 1. The van der Waals surface area contributed by atoms with Crippen LogP contribution in [0.3, 0.4) is 0 Å². The molecule has 1 heterocycles. The van der Waals surface area contributed by atoms with E-state index in [0.717, 1.165) is 11.1 Å². The summed E-state index contributed by atoms with van der Waals surface area (Å²) in [6, 6.07) is 12.2. The van der Waals surface area contributed by atoms with Crippen LogP contribution in [0.15, 0.2) is 46.9 Å². The summed E-state index contributed by atoms with van der Waals surface area (Å²) in [7, 11) is 0. The zero-order valence-corrected chi connectivity index (χ0v) is 16.9. The highest BCUT2D eigenvalue weighted by Gasteiger charge is 2.13. The van der Waals surface area contributed by atoms with E-state index in [2.05, 4.69) is 5.32 Å². The first-order valence-corrected chi connectivity index (χ1v) is 9.32. The van der Waals surface area contributed by atoms with Gasteiger partial charge in [-0.15, -0.1) is 0 Å². The molecular weight excluding hydrogens is 401 g/mol. The average Bonchev–Trinajstić information content (AvgIpc) is 3.11. The van der Waals surface area contributed by atoms with E-state index >= 15 is 0 Å². The monoisotopic (exact) mass is 419 g/mol. The predicted octanol–water partition coefficient (Wildman–Crippen LogP) is 5.38. The van der Waals surface area contributed by atoms with Gasteiger partial charge in [0.25, 0.3) is 5.91 Å². The minimum absolute atomic E-state index is 0.184. The molecule has 0 atom stereocenters. The van der Waals surface area contributed by atoms with Gasteiger partial charge in [-0.25, -0.2) is 0 Å². The third kappa shape index (κ3) is 4.68. The van der Waals surface area contributed by atoms with Crippen LogP contribution in [0.25, 0.3) is 11.3 Å². The number of amides is 1. The number of nitrogens with one attached hydrogen (secondary N) is 1. The van der Waals surface area contributed by atoms with Crippen LogP contribution in [0, 0.1) is 13.8 Å². The van der Waals surface area contributed by atoms with Crippen LogP contribution in [0.4, 0.5) is 5.69 Å². The normalized spacial score (nSPS) is 10.8. The van der Waals surface area contributed by atoms with Crippen molar-refractivity contribution in [1.29, 1.82) is 0 Å². The molecule has 0 spiro atoms. The third-order valence-electron chi connectivity index (χ3n) is 4.05. The Morgan fingerprint density at radius 3 is 2.57 bits per heavy atom. The van der Waals surface area contributed by atoms with Crippen LogP contribution in [0.5, 0.6) is 5.75 Å². The number of halogens is 2. The van der Waals surface area contributed by atoms with Gasteiger partial charge >= 0.3 is 0 Å². The summed E-state index contributed by atoms with van der Waals surface area (Å²) in [5.41, 5.74) is 3.04. The Morgan fingerprint density at radius 1 is 1.11 bits per heavy atom. The Hall–Kier alpha value is -2.47. The first-order chi connectivity index (χ1) is 13.4. The molecule has 0 radical (unpaired) electrons. The number of aliphatic hydroxyl groups excluding tert-OH is 1. The van der Waals surface area contributed by atoms with Gasteiger partial charge in [-0.05, 0) is 61.4 Å². The standard InChI is InChI=1S/C21H19Cl2NO4/c1-12-7-13(2)21(18(23)8-12)27-11-20(26)24-14-3-5-17(22)16(9-14)19-6-4-15(10-25)28-19/h3-9,25H,10-11H2,1-2H3,(H,24,26). The average molecular weight is 420 g/mol. The van der Waals surface area contributed by atoms with Crippen molar-refractivity contribution in [3.8, 4) is 17.1 Å². The van der Waals surface area contributed by atoms with Gasteiger partial charge in [0, 0.05) is 11.3 Å². The lowest BCUT2D eigenvalue weighted by Crippen LogP contribution is -2.20. The quantitative estimate of drug-likeness (QED) is 0.562. The fraction of sp³-hybridized carbons (Fsp3) is 0.190. The maximum atomic E-state index is 12.3. The Bertz CT molecular complexity index is 990. The number of rotatable bonds is 6. The van der Waals surface area contributed by atoms with Gasteiger partial charge in [-0.3, -0.25) is 4.79 Å². The van der Waals surface area contributed by atoms with Crippen LogP contribution in [0.2, 0.25) is 10.0 Å². The first kappa shape index (κ1) is 20.3. The van der Waals surface area contributed by atoms with Crippen LogP contribution >= 0.6 is 23.2 Å².